The number of halogens is 2. The van der Waals surface area contributed by atoms with Crippen LogP contribution in [-0.4, -0.2) is 35.1 Å². The quantitative estimate of drug-likeness (QED) is 0.401. The summed E-state index contributed by atoms with van der Waals surface area (Å²) in [5.74, 6) is -3.83. The van der Waals surface area contributed by atoms with Crippen molar-refractivity contribution in [3.05, 3.63) is 65.9 Å². The van der Waals surface area contributed by atoms with E-state index in [9.17, 15) is 23.2 Å². The van der Waals surface area contributed by atoms with Gasteiger partial charge in [-0.05, 0) is 17.7 Å². The molecule has 1 atom stereocenters. The minimum absolute atomic E-state index is 0.00112. The van der Waals surface area contributed by atoms with Gasteiger partial charge in [0, 0.05) is 6.42 Å². The van der Waals surface area contributed by atoms with Gasteiger partial charge < -0.3 is 25.0 Å². The number of hydrogen-bond donors (Lipinski definition) is 2. The predicted octanol–water partition coefficient (Wildman–Crippen LogP) is 2.31. The zero-order valence-corrected chi connectivity index (χ0v) is 17.4. The number of ketones is 1. The summed E-state index contributed by atoms with van der Waals surface area (Å²) >= 11 is 0. The van der Waals surface area contributed by atoms with Gasteiger partial charge in [0.1, 0.15) is 11.6 Å². The molecular formula is C23H17F2N3O6. The highest BCUT2D eigenvalue weighted by Gasteiger charge is 2.45. The van der Waals surface area contributed by atoms with Gasteiger partial charge in [0.25, 0.3) is 11.8 Å². The number of fused-ring (bicyclic) bond motifs is 1. The largest absolute Gasteiger partial charge is 0.586 e. The first kappa shape index (κ1) is 23.9. The molecule has 1 aliphatic rings. The van der Waals surface area contributed by atoms with E-state index in [2.05, 4.69) is 32.8 Å². The number of para-hydroxylation sites is 1. The third-order valence-corrected chi connectivity index (χ3v) is 4.64. The number of hydrogen-bond acceptors (Lipinski definition) is 7. The second-order valence-electron chi connectivity index (χ2n) is 6.81. The normalized spacial score (nSPS) is 13.8. The van der Waals surface area contributed by atoms with E-state index in [0.717, 1.165) is 6.20 Å². The first-order chi connectivity index (χ1) is 16.2. The Morgan fingerprint density at radius 2 is 1.76 bits per heavy atom. The molecule has 2 heterocycles. The monoisotopic (exact) mass is 469 g/mol. The van der Waals surface area contributed by atoms with Gasteiger partial charge in [0.05, 0.1) is 11.8 Å². The third kappa shape index (κ3) is 5.02. The molecule has 0 spiro atoms. The van der Waals surface area contributed by atoms with Crippen LogP contribution in [0.4, 0.5) is 8.78 Å². The Kier molecular flexibility index (Phi) is 6.92. The lowest BCUT2D eigenvalue weighted by Crippen LogP contribution is -2.47. The second-order valence-corrected chi connectivity index (χ2v) is 6.81. The van der Waals surface area contributed by atoms with Crippen LogP contribution in [0.3, 0.4) is 0 Å². The van der Waals surface area contributed by atoms with E-state index >= 15 is 0 Å². The fourth-order valence-corrected chi connectivity index (χ4v) is 3.21. The van der Waals surface area contributed by atoms with E-state index in [1.54, 1.807) is 30.3 Å². The Labute approximate surface area is 191 Å². The topological polar surface area (TPSA) is 134 Å². The van der Waals surface area contributed by atoms with Crippen molar-refractivity contribution in [1.82, 2.24) is 10.5 Å². The summed E-state index contributed by atoms with van der Waals surface area (Å²) in [5.41, 5.74) is 5.61. The van der Waals surface area contributed by atoms with Crippen LogP contribution in [-0.2, 0) is 16.0 Å². The molecule has 2 aromatic carbocycles. The zero-order valence-electron chi connectivity index (χ0n) is 17.4. The van der Waals surface area contributed by atoms with Crippen molar-refractivity contribution in [1.29, 1.82) is 0 Å². The minimum Gasteiger partial charge on any atom is -0.395 e. The Bertz CT molecular complexity index is 1240. The van der Waals surface area contributed by atoms with E-state index in [1.165, 1.54) is 18.2 Å². The number of carbonyl (C=O) groups excluding carboxylic acids is 3. The lowest BCUT2D eigenvalue weighted by Gasteiger charge is -2.16. The van der Waals surface area contributed by atoms with E-state index in [1.807, 2.05) is 0 Å². The van der Waals surface area contributed by atoms with Crippen molar-refractivity contribution < 1.29 is 37.2 Å². The minimum atomic E-state index is -3.88. The summed E-state index contributed by atoms with van der Waals surface area (Å²) in [7, 11) is 0. The number of rotatable bonds is 7. The summed E-state index contributed by atoms with van der Waals surface area (Å²) in [6.45, 7) is 0. The third-order valence-electron chi connectivity index (χ3n) is 4.64. The molecule has 11 heteroatoms. The standard InChI is InChI=1S/C21H15F2N3O6.C2H2/c22-21(23)30-15-8-4-7-12(18(15)31-21)17-13(10-25-32-17)20(29)26-14(16(27)19(24)28)9-11-5-2-1-3-6-11;1-2/h1-8,10,14H,9H2,(H2,24,28)(H,26,29);1-2H. The molecule has 1 unspecified atom stereocenters. The van der Waals surface area contributed by atoms with Crippen LogP contribution >= 0.6 is 0 Å². The Morgan fingerprint density at radius 3 is 2.44 bits per heavy atom. The highest BCUT2D eigenvalue weighted by atomic mass is 19.3. The van der Waals surface area contributed by atoms with Crippen LogP contribution in [0.1, 0.15) is 15.9 Å². The van der Waals surface area contributed by atoms with Gasteiger partial charge >= 0.3 is 6.29 Å². The molecule has 34 heavy (non-hydrogen) atoms. The van der Waals surface area contributed by atoms with Crippen LogP contribution in [0.2, 0.25) is 0 Å². The number of carbonyl (C=O) groups is 3. The van der Waals surface area contributed by atoms with Crippen LogP contribution in [0.25, 0.3) is 11.3 Å². The number of primary amides is 1. The van der Waals surface area contributed by atoms with Gasteiger partial charge in [-0.2, -0.15) is 0 Å². The molecule has 9 nitrogen and oxygen atoms in total. The average molecular weight is 469 g/mol. The molecule has 1 aliphatic heterocycles. The van der Waals surface area contributed by atoms with Gasteiger partial charge in [-0.3, -0.25) is 14.4 Å². The lowest BCUT2D eigenvalue weighted by atomic mass is 10.0. The first-order valence-electron chi connectivity index (χ1n) is 9.61. The highest BCUT2D eigenvalue weighted by Crippen LogP contribution is 2.47. The number of aromatic nitrogens is 1. The van der Waals surface area contributed by atoms with E-state index in [4.69, 9.17) is 10.3 Å². The lowest BCUT2D eigenvalue weighted by molar-refractivity contribution is -0.286. The average Bonchev–Trinajstić information content (AvgIpc) is 3.43. The fraction of sp³-hybridized carbons (Fsp3) is 0.130. The van der Waals surface area contributed by atoms with Gasteiger partial charge in [-0.1, -0.05) is 41.6 Å². The molecule has 3 aromatic rings. The van der Waals surface area contributed by atoms with E-state index in [-0.39, 0.29) is 34.8 Å². The van der Waals surface area contributed by atoms with Crippen molar-refractivity contribution in [2.75, 3.05) is 0 Å². The van der Waals surface area contributed by atoms with Gasteiger partial charge in [0.15, 0.2) is 17.3 Å². The van der Waals surface area contributed by atoms with Crippen molar-refractivity contribution in [2.45, 2.75) is 18.8 Å². The molecule has 0 saturated heterocycles. The summed E-state index contributed by atoms with van der Waals surface area (Å²) in [6.07, 6.45) is 5.17. The number of nitrogens with zero attached hydrogens (tertiary/aromatic N) is 1. The number of terminal acetylenes is 1. The molecule has 0 bridgehead atoms. The Hall–Kier alpha value is -4.72. The Morgan fingerprint density at radius 1 is 1.06 bits per heavy atom. The second kappa shape index (κ2) is 9.83. The van der Waals surface area contributed by atoms with Crippen molar-refractivity contribution in [3.8, 4) is 35.7 Å². The summed E-state index contributed by atoms with van der Waals surface area (Å²) in [6, 6.07) is 11.4. The molecule has 2 amide bonds. The molecule has 1 aromatic heterocycles. The predicted molar refractivity (Wildman–Crippen MR) is 114 cm³/mol. The molecule has 0 saturated carbocycles. The smallest absolute Gasteiger partial charge is 0.395 e. The van der Waals surface area contributed by atoms with Gasteiger partial charge in [-0.15, -0.1) is 21.6 Å². The van der Waals surface area contributed by atoms with Crippen molar-refractivity contribution >= 4 is 17.6 Å². The zero-order chi connectivity index (χ0) is 24.9. The number of nitrogens with one attached hydrogen (secondary N) is 1. The van der Waals surface area contributed by atoms with Crippen LogP contribution in [0.5, 0.6) is 11.5 Å². The molecule has 0 radical (unpaired) electrons. The van der Waals surface area contributed by atoms with Crippen LogP contribution in [0, 0.1) is 12.8 Å². The van der Waals surface area contributed by atoms with Crippen LogP contribution in [0.15, 0.2) is 59.3 Å². The molecule has 0 aliphatic carbocycles. The number of amides is 2. The number of ether oxygens (including phenoxy) is 2. The summed E-state index contributed by atoms with van der Waals surface area (Å²) in [5, 5.41) is 5.99. The van der Waals surface area contributed by atoms with Gasteiger partial charge in [-0.25, -0.2) is 0 Å². The maximum absolute atomic E-state index is 13.5. The molecule has 0 fully saturated rings. The Balaban J connectivity index is 0.00000158. The first-order valence-corrected chi connectivity index (χ1v) is 9.61. The maximum Gasteiger partial charge on any atom is 0.586 e. The van der Waals surface area contributed by atoms with Crippen LogP contribution < -0.4 is 20.5 Å². The molecule has 174 valence electrons. The van der Waals surface area contributed by atoms with Gasteiger partial charge in [0.2, 0.25) is 5.78 Å². The number of nitrogens with two attached hydrogens (primary N) is 1. The fourth-order valence-electron chi connectivity index (χ4n) is 3.21. The SMILES string of the molecule is C#C.NC(=O)C(=O)C(Cc1ccccc1)NC(=O)c1cnoc1-c1cccc2c1OC(F)(F)O2. The van der Waals surface area contributed by atoms with E-state index < -0.39 is 29.9 Å². The van der Waals surface area contributed by atoms with E-state index in [0.29, 0.717) is 5.56 Å². The maximum atomic E-state index is 13.5. The van der Waals surface area contributed by atoms with Crippen molar-refractivity contribution in [3.63, 3.8) is 0 Å². The molecule has 3 N–H and O–H groups in total. The summed E-state index contributed by atoms with van der Waals surface area (Å²) < 4.78 is 41.1. The number of benzene rings is 2. The summed E-state index contributed by atoms with van der Waals surface area (Å²) in [4.78, 5) is 36.7. The molecular weight excluding hydrogens is 452 g/mol. The van der Waals surface area contributed by atoms with Crippen molar-refractivity contribution in [2.24, 2.45) is 5.73 Å². The number of alkyl halides is 2. The number of Topliss-reactive ketones (excluding diaryl/α,β-unsaturated/α-hetero) is 1. The highest BCUT2D eigenvalue weighted by molar-refractivity contribution is 6.38. The molecule has 4 rings (SSSR count).